The molecule has 0 aliphatic carbocycles. The van der Waals surface area contributed by atoms with Gasteiger partial charge in [0.15, 0.2) is 0 Å². The lowest BCUT2D eigenvalue weighted by Crippen LogP contribution is -2.10. The van der Waals surface area contributed by atoms with Crippen molar-refractivity contribution in [1.29, 1.82) is 0 Å². The smallest absolute Gasteiger partial charge is 0.287 e. The fourth-order valence-electron chi connectivity index (χ4n) is 1.86. The predicted molar refractivity (Wildman–Crippen MR) is 89.7 cm³/mol. The number of ether oxygens (including phenoxy) is 1. The van der Waals surface area contributed by atoms with E-state index in [0.717, 1.165) is 6.20 Å². The predicted octanol–water partition coefficient (Wildman–Crippen LogP) is 4.10. The van der Waals surface area contributed by atoms with Gasteiger partial charge in [0.05, 0.1) is 10.5 Å². The molecular formula is C16H11N3O4S. The first-order valence-corrected chi connectivity index (χ1v) is 7.78. The molecule has 0 atom stereocenters. The summed E-state index contributed by atoms with van der Waals surface area (Å²) in [7, 11) is 0. The number of rotatable bonds is 5. The molecule has 0 unspecified atom stereocenters. The third-order valence-corrected chi connectivity index (χ3v) is 3.73. The molecule has 3 aromatic rings. The topological polar surface area (TPSA) is 94.4 Å². The molecule has 1 aromatic carbocycles. The molecule has 0 radical (unpaired) electrons. The summed E-state index contributed by atoms with van der Waals surface area (Å²) in [5, 5.41) is 17.0. The minimum absolute atomic E-state index is 0.103. The Morgan fingerprint density at radius 3 is 2.54 bits per heavy atom. The molecule has 2 aromatic heterocycles. The van der Waals surface area contributed by atoms with Crippen molar-refractivity contribution in [3.63, 3.8) is 0 Å². The van der Waals surface area contributed by atoms with Crippen LogP contribution in [0.3, 0.4) is 0 Å². The van der Waals surface area contributed by atoms with Crippen LogP contribution in [0.15, 0.2) is 59.4 Å². The van der Waals surface area contributed by atoms with E-state index in [1.54, 1.807) is 35.7 Å². The van der Waals surface area contributed by atoms with Gasteiger partial charge in [-0.3, -0.25) is 14.9 Å². The van der Waals surface area contributed by atoms with Crippen molar-refractivity contribution in [2.24, 2.45) is 0 Å². The van der Waals surface area contributed by atoms with Crippen LogP contribution in [-0.2, 0) is 0 Å². The van der Waals surface area contributed by atoms with Gasteiger partial charge in [0, 0.05) is 23.2 Å². The molecule has 8 heteroatoms. The van der Waals surface area contributed by atoms with Crippen LogP contribution < -0.4 is 10.1 Å². The lowest BCUT2D eigenvalue weighted by atomic mass is 10.2. The summed E-state index contributed by atoms with van der Waals surface area (Å²) in [5.41, 5.74) is 1.14. The molecule has 0 bridgehead atoms. The van der Waals surface area contributed by atoms with Crippen molar-refractivity contribution in [1.82, 2.24) is 4.98 Å². The minimum atomic E-state index is -0.526. The Labute approximate surface area is 140 Å². The van der Waals surface area contributed by atoms with Crippen LogP contribution in [0.4, 0.5) is 11.4 Å². The van der Waals surface area contributed by atoms with Crippen molar-refractivity contribution in [2.75, 3.05) is 5.32 Å². The maximum absolute atomic E-state index is 11.9. The van der Waals surface area contributed by atoms with E-state index in [2.05, 4.69) is 10.3 Å². The van der Waals surface area contributed by atoms with Crippen LogP contribution in [0.1, 0.15) is 10.4 Å². The van der Waals surface area contributed by atoms with Crippen LogP contribution >= 0.6 is 11.3 Å². The van der Waals surface area contributed by atoms with E-state index in [0.29, 0.717) is 17.0 Å². The van der Waals surface area contributed by atoms with Gasteiger partial charge < -0.3 is 10.1 Å². The zero-order valence-corrected chi connectivity index (χ0v) is 13.0. The average molecular weight is 341 g/mol. The maximum atomic E-state index is 11.9. The number of thiophene rings is 1. The molecule has 3 rings (SSSR count). The van der Waals surface area contributed by atoms with Crippen molar-refractivity contribution in [2.45, 2.75) is 0 Å². The lowest BCUT2D eigenvalue weighted by Gasteiger charge is -2.07. The Bertz CT molecular complexity index is 846. The molecule has 0 aliphatic heterocycles. The summed E-state index contributed by atoms with van der Waals surface area (Å²) in [6.07, 6.45) is 1.13. The van der Waals surface area contributed by atoms with E-state index >= 15 is 0 Å². The number of anilines is 1. The van der Waals surface area contributed by atoms with Crippen LogP contribution in [0, 0.1) is 10.1 Å². The van der Waals surface area contributed by atoms with Gasteiger partial charge >= 0.3 is 0 Å². The summed E-state index contributed by atoms with van der Waals surface area (Å²) in [6, 6.07) is 11.2. The number of hydrogen-bond donors (Lipinski definition) is 1. The van der Waals surface area contributed by atoms with Gasteiger partial charge in [0.2, 0.25) is 5.88 Å². The Kier molecular flexibility index (Phi) is 4.48. The third kappa shape index (κ3) is 3.73. The zero-order valence-electron chi connectivity index (χ0n) is 12.2. The van der Waals surface area contributed by atoms with Gasteiger partial charge in [-0.2, -0.15) is 11.3 Å². The highest BCUT2D eigenvalue weighted by molar-refractivity contribution is 7.08. The number of aromatic nitrogens is 1. The van der Waals surface area contributed by atoms with Crippen LogP contribution in [0.5, 0.6) is 11.6 Å². The van der Waals surface area contributed by atoms with E-state index in [1.165, 1.54) is 23.5 Å². The van der Waals surface area contributed by atoms with Gasteiger partial charge in [0.25, 0.3) is 11.6 Å². The summed E-state index contributed by atoms with van der Waals surface area (Å²) in [6.45, 7) is 0. The van der Waals surface area contributed by atoms with Gasteiger partial charge in [-0.15, -0.1) is 0 Å². The largest absolute Gasteiger partial charge is 0.439 e. The molecule has 24 heavy (non-hydrogen) atoms. The fourth-order valence-corrected chi connectivity index (χ4v) is 2.50. The quantitative estimate of drug-likeness (QED) is 0.557. The number of carbonyl (C=O) groups excluding carboxylic acids is 1. The van der Waals surface area contributed by atoms with Crippen LogP contribution in [0.25, 0.3) is 0 Å². The third-order valence-electron chi connectivity index (χ3n) is 3.05. The van der Waals surface area contributed by atoms with Crippen molar-refractivity contribution < 1.29 is 14.5 Å². The standard InChI is InChI=1S/C16H11N3O4S/c20-16(11-7-8-24-10-11)18-12-1-4-14(5-2-12)23-15-6-3-13(9-17-15)19(21)22/h1-10H,(H,18,20). The molecule has 0 aliphatic rings. The van der Waals surface area contributed by atoms with Crippen molar-refractivity contribution in [3.05, 3.63) is 75.1 Å². The second-order valence-electron chi connectivity index (χ2n) is 4.70. The number of nitrogens with one attached hydrogen (secondary N) is 1. The summed E-state index contributed by atoms with van der Waals surface area (Å²) in [4.78, 5) is 25.9. The maximum Gasteiger partial charge on any atom is 0.287 e. The highest BCUT2D eigenvalue weighted by atomic mass is 32.1. The molecule has 0 saturated carbocycles. The molecular weight excluding hydrogens is 330 g/mol. The Balaban J connectivity index is 1.64. The first-order valence-electron chi connectivity index (χ1n) is 6.84. The monoisotopic (exact) mass is 341 g/mol. The number of hydrogen-bond acceptors (Lipinski definition) is 6. The van der Waals surface area contributed by atoms with Crippen LogP contribution in [0.2, 0.25) is 0 Å². The average Bonchev–Trinajstić information content (AvgIpc) is 3.12. The van der Waals surface area contributed by atoms with E-state index in [9.17, 15) is 14.9 Å². The fraction of sp³-hybridized carbons (Fsp3) is 0. The van der Waals surface area contributed by atoms with Gasteiger partial charge in [0.1, 0.15) is 11.9 Å². The summed E-state index contributed by atoms with van der Waals surface area (Å²) < 4.78 is 5.50. The number of carbonyl (C=O) groups is 1. The molecule has 0 spiro atoms. The Morgan fingerprint density at radius 1 is 1.17 bits per heavy atom. The van der Waals surface area contributed by atoms with Crippen molar-refractivity contribution >= 4 is 28.6 Å². The number of amides is 1. The number of pyridine rings is 1. The first-order chi connectivity index (χ1) is 11.6. The van der Waals surface area contributed by atoms with Crippen molar-refractivity contribution in [3.8, 4) is 11.6 Å². The SMILES string of the molecule is O=C(Nc1ccc(Oc2ccc([N+](=O)[O-])cn2)cc1)c1ccsc1. The Hall–Kier alpha value is -3.26. The molecule has 120 valence electrons. The minimum Gasteiger partial charge on any atom is -0.439 e. The number of benzene rings is 1. The highest BCUT2D eigenvalue weighted by Gasteiger charge is 2.08. The second kappa shape index (κ2) is 6.88. The number of nitrogens with zero attached hydrogens (tertiary/aromatic N) is 2. The van der Waals surface area contributed by atoms with E-state index in [4.69, 9.17) is 4.74 Å². The Morgan fingerprint density at radius 2 is 1.96 bits per heavy atom. The lowest BCUT2D eigenvalue weighted by molar-refractivity contribution is -0.385. The molecule has 7 nitrogen and oxygen atoms in total. The molecule has 0 fully saturated rings. The van der Waals surface area contributed by atoms with Gasteiger partial charge in [-0.25, -0.2) is 4.98 Å². The highest BCUT2D eigenvalue weighted by Crippen LogP contribution is 2.23. The van der Waals surface area contributed by atoms with E-state index in [1.807, 2.05) is 5.38 Å². The molecule has 2 heterocycles. The van der Waals surface area contributed by atoms with E-state index in [-0.39, 0.29) is 17.5 Å². The number of nitro groups is 1. The van der Waals surface area contributed by atoms with E-state index < -0.39 is 4.92 Å². The molecule has 1 N–H and O–H groups in total. The van der Waals surface area contributed by atoms with Gasteiger partial charge in [-0.1, -0.05) is 0 Å². The molecule has 0 saturated heterocycles. The van der Waals surface area contributed by atoms with Gasteiger partial charge in [-0.05, 0) is 35.7 Å². The normalized spacial score (nSPS) is 10.2. The summed E-state index contributed by atoms with van der Waals surface area (Å²) >= 11 is 1.45. The molecule has 1 amide bonds. The first kappa shape index (κ1) is 15.6. The summed E-state index contributed by atoms with van der Waals surface area (Å²) in [5.74, 6) is 0.572. The van der Waals surface area contributed by atoms with Crippen LogP contribution in [-0.4, -0.2) is 15.8 Å². The second-order valence-corrected chi connectivity index (χ2v) is 5.48. The zero-order chi connectivity index (χ0) is 16.9.